The van der Waals surface area contributed by atoms with Crippen LogP contribution in [0.15, 0.2) is 0 Å². The smallest absolute Gasteiger partial charge is 0.0688 e. The molecule has 0 rings (SSSR count). The molecule has 0 unspecified atom stereocenters. The van der Waals surface area contributed by atoms with E-state index in [2.05, 4.69) is 13.8 Å². The average molecular weight is 145 g/mol. The van der Waals surface area contributed by atoms with Crippen molar-refractivity contribution in [3.8, 4) is 0 Å². The molecule has 0 bridgehead atoms. The minimum atomic E-state index is -0.317. The number of hydrogen-bond acceptors (Lipinski definition) is 2. The van der Waals surface area contributed by atoms with E-state index in [1.807, 2.05) is 6.92 Å². The summed E-state index contributed by atoms with van der Waals surface area (Å²) in [6.45, 7) is 6.18. The molecular formula is C8H19NO. The van der Waals surface area contributed by atoms with Gasteiger partial charge in [0.2, 0.25) is 0 Å². The van der Waals surface area contributed by atoms with E-state index < -0.39 is 0 Å². The predicted molar refractivity (Wildman–Crippen MR) is 43.7 cm³/mol. The summed E-state index contributed by atoms with van der Waals surface area (Å²) in [6, 6.07) is -0.0370. The first-order valence-electron chi connectivity index (χ1n) is 4.01. The summed E-state index contributed by atoms with van der Waals surface area (Å²) in [5.74, 6) is 0.580. The zero-order valence-corrected chi connectivity index (χ0v) is 7.17. The Balaban J connectivity index is 3.50. The molecule has 0 aliphatic rings. The fourth-order valence-corrected chi connectivity index (χ4v) is 1.00. The molecule has 62 valence electrons. The van der Waals surface area contributed by atoms with Gasteiger partial charge in [0.25, 0.3) is 0 Å². The maximum atomic E-state index is 9.25. The lowest BCUT2D eigenvalue weighted by molar-refractivity contribution is 0.130. The molecule has 10 heavy (non-hydrogen) atoms. The highest BCUT2D eigenvalue weighted by Gasteiger charge is 2.13. The fourth-order valence-electron chi connectivity index (χ4n) is 1.00. The lowest BCUT2D eigenvalue weighted by atomic mass is 9.99. The standard InChI is InChI=1S/C8H19NO/c1-4-8(10)7(9)5-6(2)3/h6-8,10H,4-5,9H2,1-3H3/t7-,8+/m0/s1. The summed E-state index contributed by atoms with van der Waals surface area (Å²) in [5.41, 5.74) is 5.68. The van der Waals surface area contributed by atoms with Gasteiger partial charge in [0.1, 0.15) is 0 Å². The van der Waals surface area contributed by atoms with E-state index in [9.17, 15) is 5.11 Å². The Labute approximate surface area is 63.4 Å². The molecule has 0 spiro atoms. The third-order valence-electron chi connectivity index (χ3n) is 1.66. The van der Waals surface area contributed by atoms with Crippen molar-refractivity contribution < 1.29 is 5.11 Å². The third-order valence-corrected chi connectivity index (χ3v) is 1.66. The first-order valence-corrected chi connectivity index (χ1v) is 4.01. The highest BCUT2D eigenvalue weighted by Crippen LogP contribution is 2.07. The van der Waals surface area contributed by atoms with Crippen LogP contribution in [0.5, 0.6) is 0 Å². The highest BCUT2D eigenvalue weighted by atomic mass is 16.3. The zero-order chi connectivity index (χ0) is 8.15. The van der Waals surface area contributed by atoms with Gasteiger partial charge in [0, 0.05) is 6.04 Å². The summed E-state index contributed by atoms with van der Waals surface area (Å²) in [4.78, 5) is 0. The summed E-state index contributed by atoms with van der Waals surface area (Å²) < 4.78 is 0. The van der Waals surface area contributed by atoms with Crippen LogP contribution in [-0.2, 0) is 0 Å². The van der Waals surface area contributed by atoms with Crippen LogP contribution in [0.2, 0.25) is 0 Å². The highest BCUT2D eigenvalue weighted by molar-refractivity contribution is 4.71. The molecule has 0 saturated heterocycles. The predicted octanol–water partition coefficient (Wildman–Crippen LogP) is 1.13. The largest absolute Gasteiger partial charge is 0.392 e. The van der Waals surface area contributed by atoms with Crippen LogP contribution >= 0.6 is 0 Å². The van der Waals surface area contributed by atoms with Gasteiger partial charge < -0.3 is 10.8 Å². The molecule has 0 fully saturated rings. The quantitative estimate of drug-likeness (QED) is 0.623. The third kappa shape index (κ3) is 3.85. The summed E-state index contributed by atoms with van der Waals surface area (Å²) in [5, 5.41) is 9.25. The van der Waals surface area contributed by atoms with E-state index in [0.29, 0.717) is 5.92 Å². The molecule has 0 aromatic rings. The van der Waals surface area contributed by atoms with Crippen molar-refractivity contribution >= 4 is 0 Å². The molecule has 0 aromatic heterocycles. The molecule has 0 heterocycles. The molecule has 0 aliphatic carbocycles. The average Bonchev–Trinajstić information content (AvgIpc) is 1.85. The minimum absolute atomic E-state index is 0.0370. The number of rotatable bonds is 4. The molecule has 0 saturated carbocycles. The van der Waals surface area contributed by atoms with Crippen molar-refractivity contribution in [2.24, 2.45) is 11.7 Å². The molecule has 0 aliphatic heterocycles. The van der Waals surface area contributed by atoms with E-state index >= 15 is 0 Å². The Hall–Kier alpha value is -0.0800. The SMILES string of the molecule is CC[C@@H](O)[C@@H](N)CC(C)C. The summed E-state index contributed by atoms with van der Waals surface area (Å²) in [7, 11) is 0. The number of aliphatic hydroxyl groups excluding tert-OH is 1. The van der Waals surface area contributed by atoms with E-state index in [4.69, 9.17) is 5.73 Å². The van der Waals surface area contributed by atoms with Crippen molar-refractivity contribution in [3.05, 3.63) is 0 Å². The van der Waals surface area contributed by atoms with Crippen LogP contribution in [0.25, 0.3) is 0 Å². The molecule has 0 amide bonds. The van der Waals surface area contributed by atoms with Gasteiger partial charge in [-0.05, 0) is 18.8 Å². The lowest BCUT2D eigenvalue weighted by Gasteiger charge is -2.18. The second-order valence-corrected chi connectivity index (χ2v) is 3.27. The van der Waals surface area contributed by atoms with Gasteiger partial charge in [-0.1, -0.05) is 20.8 Å². The maximum Gasteiger partial charge on any atom is 0.0688 e. The topological polar surface area (TPSA) is 46.2 Å². The van der Waals surface area contributed by atoms with Crippen molar-refractivity contribution in [1.82, 2.24) is 0 Å². The van der Waals surface area contributed by atoms with Crippen LogP contribution in [0.3, 0.4) is 0 Å². The molecule has 0 aromatic carbocycles. The van der Waals surface area contributed by atoms with Crippen LogP contribution in [0, 0.1) is 5.92 Å². The first kappa shape index (κ1) is 9.92. The summed E-state index contributed by atoms with van der Waals surface area (Å²) >= 11 is 0. The normalized spacial score (nSPS) is 17.4. The van der Waals surface area contributed by atoms with E-state index in [0.717, 1.165) is 12.8 Å². The molecule has 0 radical (unpaired) electrons. The Bertz CT molecular complexity index is 83.3. The summed E-state index contributed by atoms with van der Waals surface area (Å²) in [6.07, 6.45) is 1.35. The molecular weight excluding hydrogens is 126 g/mol. The maximum absolute atomic E-state index is 9.25. The lowest BCUT2D eigenvalue weighted by Crippen LogP contribution is -2.35. The number of hydrogen-bond donors (Lipinski definition) is 2. The molecule has 3 N–H and O–H groups in total. The number of aliphatic hydroxyl groups is 1. The van der Waals surface area contributed by atoms with Crippen LogP contribution in [0.4, 0.5) is 0 Å². The Kier molecular flexibility index (Phi) is 4.65. The van der Waals surface area contributed by atoms with Crippen molar-refractivity contribution in [2.75, 3.05) is 0 Å². The van der Waals surface area contributed by atoms with Crippen LogP contribution in [0.1, 0.15) is 33.6 Å². The van der Waals surface area contributed by atoms with E-state index in [1.54, 1.807) is 0 Å². The van der Waals surface area contributed by atoms with Crippen LogP contribution in [-0.4, -0.2) is 17.3 Å². The fraction of sp³-hybridized carbons (Fsp3) is 1.00. The van der Waals surface area contributed by atoms with Gasteiger partial charge in [-0.2, -0.15) is 0 Å². The minimum Gasteiger partial charge on any atom is -0.392 e. The van der Waals surface area contributed by atoms with Gasteiger partial charge in [-0.25, -0.2) is 0 Å². The van der Waals surface area contributed by atoms with Gasteiger partial charge in [0.15, 0.2) is 0 Å². The van der Waals surface area contributed by atoms with Gasteiger partial charge in [-0.3, -0.25) is 0 Å². The van der Waals surface area contributed by atoms with Crippen LogP contribution < -0.4 is 5.73 Å². The Morgan fingerprint density at radius 2 is 1.90 bits per heavy atom. The van der Waals surface area contributed by atoms with Crippen molar-refractivity contribution in [1.29, 1.82) is 0 Å². The molecule has 2 heteroatoms. The van der Waals surface area contributed by atoms with Crippen molar-refractivity contribution in [2.45, 2.75) is 45.8 Å². The monoisotopic (exact) mass is 145 g/mol. The molecule has 2 atom stereocenters. The van der Waals surface area contributed by atoms with Crippen molar-refractivity contribution in [3.63, 3.8) is 0 Å². The second-order valence-electron chi connectivity index (χ2n) is 3.27. The number of nitrogens with two attached hydrogens (primary N) is 1. The van der Waals surface area contributed by atoms with Gasteiger partial charge in [0.05, 0.1) is 6.10 Å². The first-order chi connectivity index (χ1) is 4.57. The second kappa shape index (κ2) is 4.69. The van der Waals surface area contributed by atoms with E-state index in [-0.39, 0.29) is 12.1 Å². The van der Waals surface area contributed by atoms with Gasteiger partial charge >= 0.3 is 0 Å². The van der Waals surface area contributed by atoms with E-state index in [1.165, 1.54) is 0 Å². The Morgan fingerprint density at radius 3 is 2.20 bits per heavy atom. The zero-order valence-electron chi connectivity index (χ0n) is 7.17. The molecule has 2 nitrogen and oxygen atoms in total. The van der Waals surface area contributed by atoms with Gasteiger partial charge in [-0.15, -0.1) is 0 Å². The Morgan fingerprint density at radius 1 is 1.40 bits per heavy atom.